The molecule has 8 nitrogen and oxygen atoms in total. The molecule has 0 aromatic heterocycles. The van der Waals surface area contributed by atoms with E-state index in [1.165, 1.54) is 14.2 Å². The molecule has 3 aromatic carbocycles. The summed E-state index contributed by atoms with van der Waals surface area (Å²) in [4.78, 5) is 26.5. The first-order chi connectivity index (χ1) is 25.3. The van der Waals surface area contributed by atoms with Gasteiger partial charge in [0.05, 0.1) is 37.5 Å². The van der Waals surface area contributed by atoms with Gasteiger partial charge < -0.3 is 18.3 Å². The second-order valence-electron chi connectivity index (χ2n) is 12.6. The number of fused-ring (bicyclic) bond motifs is 4. The number of esters is 2. The largest absolute Gasteiger partial charge is 0.465 e. The quantitative estimate of drug-likeness (QED) is 0.0913. The fourth-order valence-electron chi connectivity index (χ4n) is 7.38. The van der Waals surface area contributed by atoms with Gasteiger partial charge in [0.25, 0.3) is 0 Å². The zero-order valence-corrected chi connectivity index (χ0v) is 30.4. The van der Waals surface area contributed by atoms with Crippen LogP contribution >= 0.6 is 0 Å². The molecule has 2 heterocycles. The summed E-state index contributed by atoms with van der Waals surface area (Å²) in [5, 5.41) is 3.63. The summed E-state index contributed by atoms with van der Waals surface area (Å²) in [6.45, 7) is 11.9. The van der Waals surface area contributed by atoms with Crippen molar-refractivity contribution in [2.75, 3.05) is 40.4 Å². The molecule has 0 atom stereocenters. The molecule has 0 fully saturated rings. The number of rotatable bonds is 8. The minimum Gasteiger partial charge on any atom is -0.465 e. The number of hydrogen-bond donors (Lipinski definition) is 0. The van der Waals surface area contributed by atoms with Gasteiger partial charge in [-0.15, -0.1) is 0 Å². The monoisotopic (exact) mass is 694 g/mol. The van der Waals surface area contributed by atoms with Gasteiger partial charge in [0, 0.05) is 51.2 Å². The van der Waals surface area contributed by atoms with Crippen molar-refractivity contribution in [3.8, 4) is 44.9 Å². The summed E-state index contributed by atoms with van der Waals surface area (Å²) in [6.07, 6.45) is 0. The van der Waals surface area contributed by atoms with E-state index >= 15 is 0 Å². The lowest BCUT2D eigenvalue weighted by atomic mass is 9.87. The first-order valence-electron chi connectivity index (χ1n) is 17.8. The minimum absolute atomic E-state index is 0.434. The van der Waals surface area contributed by atoms with Crippen molar-refractivity contribution in [1.82, 2.24) is 9.15 Å². The third-order valence-corrected chi connectivity index (χ3v) is 9.99. The number of carbonyl (C=O) groups is 2. The molecule has 2 aliphatic heterocycles. The minimum atomic E-state index is -0.434. The van der Waals surface area contributed by atoms with Crippen LogP contribution in [0.1, 0.15) is 48.4 Å². The van der Waals surface area contributed by atoms with Crippen LogP contribution in [0.4, 0.5) is 0 Å². The van der Waals surface area contributed by atoms with Crippen LogP contribution in [0.15, 0.2) is 106 Å². The predicted molar refractivity (Wildman–Crippen MR) is 205 cm³/mol. The Balaban J connectivity index is 1.71. The molecule has 0 N–H and O–H groups in total. The van der Waals surface area contributed by atoms with Crippen LogP contribution in [0.3, 0.4) is 0 Å². The second-order valence-corrected chi connectivity index (χ2v) is 12.6. The standard InChI is InChI=1S/C44H42N2O6/c1-7-45(8-2)27-19-21-33-37(23-27)51-39-26-40-36(25-35(39)41(33)29-15-11-13-17-31(29)43(47)49-5)42(30-16-12-14-18-32(30)44(48)50-6)34-22-20-28(24-38(34)52-40)46(9-3)10-4/h11-26H,7-10H2,1-6H3/q+2. The molecule has 2 aliphatic carbocycles. The number of methoxy groups -OCH3 is 2. The summed E-state index contributed by atoms with van der Waals surface area (Å²) in [5.41, 5.74) is 6.83. The molecule has 0 unspecified atom stereocenters. The molecule has 0 amide bonds. The summed E-state index contributed by atoms with van der Waals surface area (Å²) >= 11 is 0. The zero-order valence-electron chi connectivity index (χ0n) is 30.4. The van der Waals surface area contributed by atoms with E-state index in [0.29, 0.717) is 44.9 Å². The molecule has 8 heteroatoms. The van der Waals surface area contributed by atoms with Gasteiger partial charge in [0.1, 0.15) is 48.9 Å². The van der Waals surface area contributed by atoms with Crippen molar-refractivity contribution < 1.29 is 27.9 Å². The van der Waals surface area contributed by atoms with Gasteiger partial charge in [-0.3, -0.25) is 0 Å². The maximum Gasteiger partial charge on any atom is 0.338 e. The van der Waals surface area contributed by atoms with E-state index in [4.69, 9.17) is 18.3 Å². The average molecular weight is 695 g/mol. The smallest absolute Gasteiger partial charge is 0.338 e. The van der Waals surface area contributed by atoms with Gasteiger partial charge in [-0.2, -0.15) is 0 Å². The molecule has 3 aromatic rings. The number of carbonyl (C=O) groups excluding carboxylic acids is 2. The fraction of sp³-hybridized carbons (Fsp3) is 0.227. The molecule has 262 valence electrons. The lowest BCUT2D eigenvalue weighted by molar-refractivity contribution is 0.0592. The van der Waals surface area contributed by atoms with Crippen molar-refractivity contribution in [1.29, 1.82) is 0 Å². The molecule has 0 saturated heterocycles. The molecular formula is C44H42N2O6+2. The Morgan fingerprint density at radius 1 is 0.519 bits per heavy atom. The zero-order chi connectivity index (χ0) is 36.5. The first-order valence-corrected chi connectivity index (χ1v) is 17.8. The molecule has 4 aliphatic rings. The summed E-state index contributed by atoms with van der Waals surface area (Å²) in [6, 6.07) is 31.4. The highest BCUT2D eigenvalue weighted by molar-refractivity contribution is 6.14. The van der Waals surface area contributed by atoms with Crippen molar-refractivity contribution >= 4 is 33.9 Å². The molecule has 0 bridgehead atoms. The molecular weight excluding hydrogens is 652 g/mol. The van der Waals surface area contributed by atoms with E-state index in [0.717, 1.165) is 69.9 Å². The highest BCUT2D eigenvalue weighted by Gasteiger charge is 2.27. The summed E-state index contributed by atoms with van der Waals surface area (Å²) < 4.78 is 28.6. The topological polar surface area (TPSA) is 84.9 Å². The molecule has 0 spiro atoms. The van der Waals surface area contributed by atoms with E-state index in [9.17, 15) is 9.59 Å². The Bertz CT molecular complexity index is 2400. The van der Waals surface area contributed by atoms with Crippen LogP contribution in [-0.2, 0) is 9.47 Å². The summed E-state index contributed by atoms with van der Waals surface area (Å²) in [7, 11) is 2.78. The normalized spacial score (nSPS) is 11.3. The number of hydrogen-bond acceptors (Lipinski definition) is 6. The maximum absolute atomic E-state index is 13.2. The molecule has 0 radical (unpaired) electrons. The summed E-state index contributed by atoms with van der Waals surface area (Å²) in [5.74, 6) is 0.477. The van der Waals surface area contributed by atoms with Gasteiger partial charge in [-0.1, -0.05) is 36.4 Å². The van der Waals surface area contributed by atoms with Crippen LogP contribution in [-0.4, -0.2) is 52.3 Å². The van der Waals surface area contributed by atoms with Crippen LogP contribution in [0, 0.1) is 0 Å². The second kappa shape index (κ2) is 14.3. The number of ether oxygens (including phenoxy) is 2. The van der Waals surface area contributed by atoms with Gasteiger partial charge in [0.15, 0.2) is 0 Å². The van der Waals surface area contributed by atoms with E-state index in [2.05, 4.69) is 79.3 Å². The lowest BCUT2D eigenvalue weighted by Gasteiger charge is -2.20. The van der Waals surface area contributed by atoms with Crippen LogP contribution in [0.25, 0.3) is 66.8 Å². The van der Waals surface area contributed by atoms with Crippen LogP contribution < -0.4 is 19.9 Å². The van der Waals surface area contributed by atoms with Gasteiger partial charge in [0.2, 0.25) is 10.7 Å². The van der Waals surface area contributed by atoms with Crippen molar-refractivity contribution in [3.63, 3.8) is 0 Å². The SMILES string of the molecule is CC[N+](CC)=c1ccc2c(-c3ccccc3C(=O)OC)c3cc4c(-c5ccccc5C(=O)OC)c5ccc(=[N+](CC)CC)cc-5oc4cc3oc-2c1. The molecule has 7 rings (SSSR count). The van der Waals surface area contributed by atoms with Crippen molar-refractivity contribution in [2.45, 2.75) is 27.7 Å². The fourth-order valence-corrected chi connectivity index (χ4v) is 7.38. The van der Waals surface area contributed by atoms with Gasteiger partial charge in [-0.25, -0.2) is 18.7 Å². The van der Waals surface area contributed by atoms with E-state index in [-0.39, 0.29) is 0 Å². The molecule has 0 saturated carbocycles. The predicted octanol–water partition coefficient (Wildman–Crippen LogP) is 7.92. The van der Waals surface area contributed by atoms with E-state index in [1.807, 2.05) is 42.5 Å². The van der Waals surface area contributed by atoms with Gasteiger partial charge >= 0.3 is 11.9 Å². The third-order valence-electron chi connectivity index (χ3n) is 9.99. The van der Waals surface area contributed by atoms with Crippen molar-refractivity contribution in [2.24, 2.45) is 0 Å². The number of benzene rings is 5. The van der Waals surface area contributed by atoms with Crippen LogP contribution in [0.2, 0.25) is 0 Å². The van der Waals surface area contributed by atoms with E-state index in [1.54, 1.807) is 12.1 Å². The van der Waals surface area contributed by atoms with Gasteiger partial charge in [-0.05, 0) is 69.2 Å². The average Bonchev–Trinajstić information content (AvgIpc) is 3.18. The first kappa shape index (κ1) is 34.4. The Kier molecular flexibility index (Phi) is 9.47. The van der Waals surface area contributed by atoms with Crippen LogP contribution in [0.5, 0.6) is 0 Å². The number of nitrogens with zero attached hydrogens (tertiary/aromatic N) is 2. The third kappa shape index (κ3) is 5.84. The maximum atomic E-state index is 13.2. The highest BCUT2D eigenvalue weighted by atomic mass is 16.5. The molecule has 52 heavy (non-hydrogen) atoms. The Labute approximate surface area is 302 Å². The van der Waals surface area contributed by atoms with Crippen molar-refractivity contribution in [3.05, 3.63) is 119 Å². The Morgan fingerprint density at radius 3 is 1.31 bits per heavy atom. The highest BCUT2D eigenvalue weighted by Crippen LogP contribution is 2.46. The Morgan fingerprint density at radius 2 is 0.923 bits per heavy atom. The van der Waals surface area contributed by atoms with E-state index < -0.39 is 11.9 Å². The lowest BCUT2D eigenvalue weighted by Crippen LogP contribution is -2.29. The Hall–Kier alpha value is -6.02.